The highest BCUT2D eigenvalue weighted by Crippen LogP contribution is 2.54. The third-order valence-corrected chi connectivity index (χ3v) is 16.7. The van der Waals surface area contributed by atoms with E-state index in [9.17, 15) is 27.9 Å². The number of carbonyl (C=O) groups is 4. The van der Waals surface area contributed by atoms with E-state index in [-0.39, 0.29) is 37.3 Å². The number of likely N-dealkylation sites (N-methyl/N-ethyl adjacent to an activating group) is 1. The summed E-state index contributed by atoms with van der Waals surface area (Å²) in [6, 6.07) is 3.23. The first-order valence-electron chi connectivity index (χ1n) is 21.4. The summed E-state index contributed by atoms with van der Waals surface area (Å²) in [5, 5.41) is 15.3. The molecule has 16 heteroatoms. The molecule has 0 radical (unpaired) electrons. The number of carboxylic acid groups (broad SMARTS) is 1. The van der Waals surface area contributed by atoms with Gasteiger partial charge in [0.15, 0.2) is 5.75 Å². The number of hydrogen-bond acceptors (Lipinski definition) is 10. The summed E-state index contributed by atoms with van der Waals surface area (Å²) in [6.45, 7) is 6.87. The van der Waals surface area contributed by atoms with E-state index in [4.69, 9.17) is 9.47 Å². The maximum Gasteiger partial charge on any atom is 0.408 e. The minimum Gasteiger partial charge on any atom is -0.489 e. The minimum atomic E-state index is -4.01. The van der Waals surface area contributed by atoms with Crippen LogP contribution in [0.3, 0.4) is 0 Å². The lowest BCUT2D eigenvalue weighted by Gasteiger charge is -2.40. The third-order valence-electron chi connectivity index (χ3n) is 14.5. The molecule has 1 aromatic carbocycles. The van der Waals surface area contributed by atoms with Gasteiger partial charge in [-0.25, -0.2) is 18.2 Å². The summed E-state index contributed by atoms with van der Waals surface area (Å²) >= 11 is 0. The van der Waals surface area contributed by atoms with E-state index in [1.807, 2.05) is 44.3 Å². The van der Waals surface area contributed by atoms with E-state index in [0.29, 0.717) is 68.2 Å². The first-order valence-corrected chi connectivity index (χ1v) is 22.9. The van der Waals surface area contributed by atoms with Gasteiger partial charge in [0.05, 0.1) is 23.5 Å². The Bertz CT molecular complexity index is 2200. The standard InChI is InChI=1S/C43H56N6O9S/c1-24-7-5-6-8-28-22-43(28,40(52)46-59(55,56)42(3)12-13-42)45-37(50)34-21-30(58-38-32-9-10-33-36(31(32)11-14-44-38)57-16-15-47(33)4)23-48(34)39(51)35(25(2)17-24)49(41(53)54)29-19-26-18-27(26)20-29/h6,8-11,14,24-30,34-35H,5,7,12-13,15-23H2,1-4H3,(H,45,50)(H,46,52)(H,53,54)/b8-6-/t24-,25-,26+,27?,28-,29?,30-,34+,35+,43-/m1/s1. The zero-order valence-corrected chi connectivity index (χ0v) is 35.1. The number of pyridine rings is 1. The highest BCUT2D eigenvalue weighted by molar-refractivity contribution is 7.91. The zero-order chi connectivity index (χ0) is 41.6. The molecule has 4 saturated carbocycles. The van der Waals surface area contributed by atoms with Crippen molar-refractivity contribution in [3.8, 4) is 11.6 Å². The zero-order valence-electron chi connectivity index (χ0n) is 34.3. The van der Waals surface area contributed by atoms with Gasteiger partial charge < -0.3 is 29.7 Å². The third kappa shape index (κ3) is 7.16. The van der Waals surface area contributed by atoms with E-state index in [0.717, 1.165) is 36.2 Å². The number of sulfonamides is 1. The second kappa shape index (κ2) is 14.5. The summed E-state index contributed by atoms with van der Waals surface area (Å²) < 4.78 is 40.6. The predicted octanol–water partition coefficient (Wildman–Crippen LogP) is 4.44. The van der Waals surface area contributed by atoms with Crippen LogP contribution in [0.4, 0.5) is 10.5 Å². The normalized spacial score (nSPS) is 35.4. The van der Waals surface area contributed by atoms with Gasteiger partial charge in [0.2, 0.25) is 27.7 Å². The number of nitrogens with one attached hydrogen (secondary N) is 2. The van der Waals surface area contributed by atoms with Crippen LogP contribution in [0.1, 0.15) is 85.0 Å². The van der Waals surface area contributed by atoms with Crippen LogP contribution >= 0.6 is 0 Å². The highest BCUT2D eigenvalue weighted by Gasteiger charge is 2.63. The Morgan fingerprint density at radius 1 is 1.07 bits per heavy atom. The first kappa shape index (κ1) is 39.8. The van der Waals surface area contributed by atoms with Crippen LogP contribution in [0.2, 0.25) is 0 Å². The Morgan fingerprint density at radius 2 is 1.83 bits per heavy atom. The molecule has 10 atom stereocenters. The molecular formula is C43H56N6O9S. The van der Waals surface area contributed by atoms with Crippen molar-refractivity contribution in [1.82, 2.24) is 24.8 Å². The van der Waals surface area contributed by atoms with Crippen LogP contribution in [0.25, 0.3) is 10.8 Å². The summed E-state index contributed by atoms with van der Waals surface area (Å²) in [5.74, 6) is -0.628. The Hall–Kier alpha value is -4.60. The molecule has 4 aliphatic carbocycles. The van der Waals surface area contributed by atoms with E-state index in [1.165, 1.54) is 9.80 Å². The number of aromatic nitrogens is 1. The quantitative estimate of drug-likeness (QED) is 0.335. The van der Waals surface area contributed by atoms with Gasteiger partial charge in [-0.15, -0.1) is 0 Å². The molecule has 3 aliphatic heterocycles. The molecule has 3 N–H and O–H groups in total. The number of rotatable bonds is 7. The van der Waals surface area contributed by atoms with Crippen molar-refractivity contribution in [2.24, 2.45) is 29.6 Å². The van der Waals surface area contributed by atoms with Crippen LogP contribution in [-0.2, 0) is 24.4 Å². The molecule has 9 rings (SSSR count). The van der Waals surface area contributed by atoms with Gasteiger partial charge in [-0.3, -0.25) is 24.0 Å². The number of nitrogens with zero attached hydrogens (tertiary/aromatic N) is 4. The second-order valence-corrected chi connectivity index (χ2v) is 21.1. The van der Waals surface area contributed by atoms with Crippen molar-refractivity contribution in [2.75, 3.05) is 31.6 Å². The van der Waals surface area contributed by atoms with Gasteiger partial charge in [0.1, 0.15) is 30.3 Å². The Morgan fingerprint density at radius 3 is 2.56 bits per heavy atom. The maximum atomic E-state index is 15.3. The number of ether oxygens (including phenoxy) is 2. The fourth-order valence-electron chi connectivity index (χ4n) is 10.5. The van der Waals surface area contributed by atoms with E-state index < -0.39 is 68.2 Å². The van der Waals surface area contributed by atoms with E-state index >= 15 is 4.79 Å². The molecule has 2 aromatic rings. The number of hydrogen-bond donors (Lipinski definition) is 3. The number of allylic oxidation sites excluding steroid dienone is 1. The lowest BCUT2D eigenvalue weighted by Crippen LogP contribution is -2.61. The number of benzene rings is 1. The van der Waals surface area contributed by atoms with Crippen LogP contribution in [0.5, 0.6) is 11.6 Å². The van der Waals surface area contributed by atoms with Gasteiger partial charge >= 0.3 is 6.09 Å². The smallest absolute Gasteiger partial charge is 0.408 e. The van der Waals surface area contributed by atoms with Gasteiger partial charge in [0.25, 0.3) is 5.91 Å². The van der Waals surface area contributed by atoms with Crippen molar-refractivity contribution in [3.63, 3.8) is 0 Å². The molecule has 2 unspecified atom stereocenters. The first-order chi connectivity index (χ1) is 28.1. The van der Waals surface area contributed by atoms with Crippen molar-refractivity contribution < 1.29 is 42.2 Å². The maximum absolute atomic E-state index is 15.3. The topological polar surface area (TPSA) is 188 Å². The molecule has 4 amide bonds. The lowest BCUT2D eigenvalue weighted by molar-refractivity contribution is -0.145. The highest BCUT2D eigenvalue weighted by atomic mass is 32.2. The summed E-state index contributed by atoms with van der Waals surface area (Å²) in [5.41, 5.74) is -0.600. The monoisotopic (exact) mass is 832 g/mol. The van der Waals surface area contributed by atoms with Crippen molar-refractivity contribution in [2.45, 2.75) is 119 Å². The molecule has 1 aromatic heterocycles. The molecule has 0 spiro atoms. The predicted molar refractivity (Wildman–Crippen MR) is 218 cm³/mol. The average Bonchev–Trinajstić information content (AvgIpc) is 4.15. The molecule has 1 saturated heterocycles. The Kier molecular flexibility index (Phi) is 9.82. The SMILES string of the molecule is C[C@@H]1CC/C=C\[C@@H]2C[C@@]2(C(=O)NS(=O)(=O)C2(C)CC2)NC(=O)[C@@H]2C[C@@H](Oc3nccc4c5c(ccc34)N(C)CCO5)CN2C(=O)[C@@H](N(C(=O)O)C2CC3C[C@H]3C2)[C@H](C)C1. The largest absolute Gasteiger partial charge is 0.489 e. The van der Waals surface area contributed by atoms with E-state index in [2.05, 4.69) is 26.8 Å². The number of amides is 4. The summed E-state index contributed by atoms with van der Waals surface area (Å²) in [4.78, 5) is 67.0. The molecule has 7 aliphatic rings. The molecule has 15 nitrogen and oxygen atoms in total. The molecule has 318 valence electrons. The lowest BCUT2D eigenvalue weighted by atomic mass is 9.86. The van der Waals surface area contributed by atoms with Gasteiger partial charge in [-0.2, -0.15) is 0 Å². The van der Waals surface area contributed by atoms with Gasteiger partial charge in [-0.1, -0.05) is 26.0 Å². The average molecular weight is 833 g/mol. The van der Waals surface area contributed by atoms with Crippen molar-refractivity contribution >= 4 is 50.3 Å². The molecule has 4 heterocycles. The van der Waals surface area contributed by atoms with Crippen LogP contribution < -0.4 is 24.4 Å². The molecular weight excluding hydrogens is 777 g/mol. The molecule has 59 heavy (non-hydrogen) atoms. The fraction of sp³-hybridized carbons (Fsp3) is 0.651. The summed E-state index contributed by atoms with van der Waals surface area (Å²) in [7, 11) is -2.01. The minimum absolute atomic E-state index is 0.0312. The fourth-order valence-corrected chi connectivity index (χ4v) is 11.8. The summed E-state index contributed by atoms with van der Waals surface area (Å²) in [6.07, 6.45) is 9.24. The van der Waals surface area contributed by atoms with Crippen LogP contribution in [0, 0.1) is 29.6 Å². The Labute approximate surface area is 345 Å². The van der Waals surface area contributed by atoms with Gasteiger partial charge in [-0.05, 0) is 107 Å². The Balaban J connectivity index is 1.07. The van der Waals surface area contributed by atoms with Crippen molar-refractivity contribution in [1.29, 1.82) is 0 Å². The second-order valence-electron chi connectivity index (χ2n) is 18.9. The van der Waals surface area contributed by atoms with E-state index in [1.54, 1.807) is 13.1 Å². The molecule has 5 fully saturated rings. The van der Waals surface area contributed by atoms with Gasteiger partial charge in [0, 0.05) is 42.4 Å². The van der Waals surface area contributed by atoms with Crippen molar-refractivity contribution in [3.05, 3.63) is 36.5 Å². The van der Waals surface area contributed by atoms with Crippen LogP contribution in [0.15, 0.2) is 36.5 Å². The number of carbonyl (C=O) groups excluding carboxylic acids is 3. The number of anilines is 1. The molecule has 0 bridgehead atoms. The number of fused-ring (bicyclic) bond motifs is 6. The van der Waals surface area contributed by atoms with Crippen LogP contribution in [-0.4, -0.2) is 113 Å².